The van der Waals surface area contributed by atoms with E-state index in [-0.39, 0.29) is 11.6 Å². The van der Waals surface area contributed by atoms with Crippen LogP contribution in [-0.2, 0) is 0 Å². The van der Waals surface area contributed by atoms with E-state index < -0.39 is 0 Å². The molecular formula is C44H46F2N4S3. The van der Waals surface area contributed by atoms with E-state index >= 15 is 8.78 Å². The molecule has 53 heavy (non-hydrogen) atoms. The highest BCUT2D eigenvalue weighted by Crippen LogP contribution is 2.48. The van der Waals surface area contributed by atoms with Crippen molar-refractivity contribution in [3.63, 3.8) is 0 Å². The van der Waals surface area contributed by atoms with Crippen molar-refractivity contribution in [3.8, 4) is 41.8 Å². The van der Waals surface area contributed by atoms with E-state index in [0.29, 0.717) is 23.2 Å². The van der Waals surface area contributed by atoms with Gasteiger partial charge in [-0.05, 0) is 97.1 Å². The quantitative estimate of drug-likeness (QED) is 0.103. The van der Waals surface area contributed by atoms with Crippen molar-refractivity contribution in [2.24, 2.45) is 0 Å². The number of hydrogen-bond acceptors (Lipinski definition) is 7. The maximum atomic E-state index is 15.6. The number of nitrogens with zero attached hydrogens (tertiary/aromatic N) is 2. The molecule has 9 heteroatoms. The van der Waals surface area contributed by atoms with Gasteiger partial charge in [0, 0.05) is 65.2 Å². The van der Waals surface area contributed by atoms with Crippen LogP contribution in [0.3, 0.4) is 0 Å². The van der Waals surface area contributed by atoms with E-state index in [9.17, 15) is 0 Å². The van der Waals surface area contributed by atoms with Gasteiger partial charge in [-0.25, -0.2) is 8.78 Å². The van der Waals surface area contributed by atoms with Gasteiger partial charge in [0.25, 0.3) is 0 Å². The van der Waals surface area contributed by atoms with Gasteiger partial charge in [0.2, 0.25) is 0 Å². The molecule has 0 aliphatic carbocycles. The van der Waals surface area contributed by atoms with Gasteiger partial charge >= 0.3 is 0 Å². The summed E-state index contributed by atoms with van der Waals surface area (Å²) in [6.07, 6.45) is 8.76. The molecule has 2 unspecified atom stereocenters. The summed E-state index contributed by atoms with van der Waals surface area (Å²) >= 11 is 4.33. The lowest BCUT2D eigenvalue weighted by Crippen LogP contribution is -2.18. The van der Waals surface area contributed by atoms with Crippen LogP contribution in [0.1, 0.15) is 79.1 Å². The van der Waals surface area contributed by atoms with Crippen LogP contribution in [0.5, 0.6) is 0 Å². The fourth-order valence-electron chi connectivity index (χ4n) is 7.16. The first-order chi connectivity index (χ1) is 25.9. The Kier molecular flexibility index (Phi) is 11.8. The number of fused-ring (bicyclic) bond motifs is 2. The molecule has 4 aromatic carbocycles. The van der Waals surface area contributed by atoms with Crippen LogP contribution in [0.4, 0.5) is 20.2 Å². The first-order valence-electron chi connectivity index (χ1n) is 18.9. The molecule has 0 aliphatic heterocycles. The Labute approximate surface area is 323 Å². The van der Waals surface area contributed by atoms with Gasteiger partial charge in [-0.15, -0.1) is 22.7 Å². The lowest BCUT2D eigenvalue weighted by atomic mass is 9.95. The Bertz CT molecular complexity index is 2160. The topological polar surface area (TPSA) is 49.8 Å². The number of aromatic nitrogens is 2. The summed E-state index contributed by atoms with van der Waals surface area (Å²) in [5.74, 6) is -0.468. The third-order valence-corrected chi connectivity index (χ3v) is 12.9. The maximum Gasteiger partial charge on any atom is 0.133 e. The monoisotopic (exact) mass is 764 g/mol. The van der Waals surface area contributed by atoms with E-state index in [2.05, 4.69) is 62.6 Å². The van der Waals surface area contributed by atoms with Crippen molar-refractivity contribution >= 4 is 67.6 Å². The summed E-state index contributed by atoms with van der Waals surface area (Å²) in [5.41, 5.74) is 6.45. The van der Waals surface area contributed by atoms with Crippen LogP contribution < -0.4 is 10.6 Å². The van der Waals surface area contributed by atoms with Gasteiger partial charge in [0.1, 0.15) is 22.7 Å². The highest BCUT2D eigenvalue weighted by molar-refractivity contribution is 7.19. The van der Waals surface area contributed by atoms with Crippen LogP contribution in [0.25, 0.3) is 63.6 Å². The van der Waals surface area contributed by atoms with Crippen molar-refractivity contribution < 1.29 is 8.78 Å². The molecule has 2 N–H and O–H groups in total. The Hall–Kier alpha value is -4.18. The van der Waals surface area contributed by atoms with Crippen molar-refractivity contribution in [3.05, 3.63) is 96.6 Å². The van der Waals surface area contributed by atoms with Crippen LogP contribution in [0, 0.1) is 11.6 Å². The van der Waals surface area contributed by atoms with Crippen molar-refractivity contribution in [1.82, 2.24) is 8.75 Å². The minimum absolute atomic E-state index is 0.234. The van der Waals surface area contributed by atoms with Gasteiger partial charge in [-0.2, -0.15) is 8.75 Å². The number of anilines is 2. The lowest BCUT2D eigenvalue weighted by molar-refractivity contribution is 0.591. The van der Waals surface area contributed by atoms with Gasteiger partial charge in [0.05, 0.1) is 11.7 Å². The Balaban J connectivity index is 1.21. The Morgan fingerprint density at radius 3 is 1.40 bits per heavy atom. The summed E-state index contributed by atoms with van der Waals surface area (Å²) in [6.45, 7) is 8.73. The number of halogens is 2. The minimum Gasteiger partial charge on any atom is -0.382 e. The predicted octanol–water partition coefficient (Wildman–Crippen LogP) is 14.7. The number of unbranched alkanes of at least 4 members (excludes halogenated alkanes) is 2. The number of thiophene rings is 2. The molecular weight excluding hydrogens is 719 g/mol. The Morgan fingerprint density at radius 1 is 0.566 bits per heavy atom. The van der Waals surface area contributed by atoms with E-state index in [1.807, 2.05) is 48.5 Å². The lowest BCUT2D eigenvalue weighted by Gasteiger charge is -2.18. The normalized spacial score (nSPS) is 12.8. The molecule has 2 atom stereocenters. The molecule has 0 aliphatic rings. The molecule has 0 amide bonds. The molecule has 7 rings (SSSR count). The van der Waals surface area contributed by atoms with Gasteiger partial charge < -0.3 is 10.6 Å². The standard InChI is InChI=1S/C44H46F2N4S3/c1-5-9-13-27(7-3)47-29-17-19-33(35(45)25-29)37-21-23-39(51-37)41-31-15-11-12-16-32(31)42(44-43(41)49-53-50-44)40-24-22-38(52-40)34-20-18-30(26-36(34)46)48-28(8-4)14-10-6-2/h11-12,15-28,47-48H,5-10,13-14H2,1-4H3. The van der Waals surface area contributed by atoms with E-state index in [4.69, 9.17) is 8.75 Å². The van der Waals surface area contributed by atoms with Gasteiger partial charge in [-0.1, -0.05) is 77.6 Å². The Morgan fingerprint density at radius 2 is 1.00 bits per heavy atom. The van der Waals surface area contributed by atoms with Crippen molar-refractivity contribution in [2.45, 2.75) is 91.1 Å². The molecule has 0 saturated carbocycles. The zero-order chi connectivity index (χ0) is 36.9. The number of hydrogen-bond donors (Lipinski definition) is 2. The van der Waals surface area contributed by atoms with Crippen LogP contribution in [0.2, 0.25) is 0 Å². The van der Waals surface area contributed by atoms with E-state index in [1.54, 1.807) is 34.8 Å². The molecule has 0 spiro atoms. The molecule has 7 aromatic rings. The van der Waals surface area contributed by atoms with E-state index in [1.165, 1.54) is 11.7 Å². The smallest absolute Gasteiger partial charge is 0.133 e. The zero-order valence-corrected chi connectivity index (χ0v) is 33.2. The third-order valence-electron chi connectivity index (χ3n) is 10.1. The maximum absolute atomic E-state index is 15.6. The predicted molar refractivity (Wildman–Crippen MR) is 227 cm³/mol. The summed E-state index contributed by atoms with van der Waals surface area (Å²) in [6, 6.07) is 28.2. The number of rotatable bonds is 16. The second kappa shape index (κ2) is 16.9. The first-order valence-corrected chi connectivity index (χ1v) is 21.3. The molecule has 4 nitrogen and oxygen atoms in total. The first kappa shape index (κ1) is 37.1. The molecule has 0 radical (unpaired) electrons. The number of nitrogens with one attached hydrogen (secondary N) is 2. The van der Waals surface area contributed by atoms with Crippen LogP contribution in [-0.4, -0.2) is 20.8 Å². The average Bonchev–Trinajstić information content (AvgIpc) is 3.96. The minimum atomic E-state index is -0.234. The molecule has 3 heterocycles. The summed E-state index contributed by atoms with van der Waals surface area (Å²) < 4.78 is 41.0. The SMILES string of the molecule is CCCCC(CC)Nc1ccc(-c2ccc(-c3c4ccccc4c(-c4ccc(-c5ccc(NC(CC)CCCC)cc5F)s4)c4nsnc34)s2)c(F)c1. The molecule has 0 bridgehead atoms. The number of benzene rings is 4. The van der Waals surface area contributed by atoms with Crippen LogP contribution in [0.15, 0.2) is 84.9 Å². The zero-order valence-electron chi connectivity index (χ0n) is 30.8. The summed E-state index contributed by atoms with van der Waals surface area (Å²) in [7, 11) is 0. The van der Waals surface area contributed by atoms with Gasteiger partial charge in [-0.3, -0.25) is 0 Å². The fourth-order valence-corrected chi connectivity index (χ4v) is 9.91. The highest BCUT2D eigenvalue weighted by Gasteiger charge is 2.23. The third kappa shape index (κ3) is 7.89. The summed E-state index contributed by atoms with van der Waals surface area (Å²) in [5, 5.41) is 9.17. The fraction of sp³-hybridized carbons (Fsp3) is 0.318. The molecule has 3 aromatic heterocycles. The highest BCUT2D eigenvalue weighted by atomic mass is 32.1. The molecule has 0 saturated heterocycles. The second-order valence-electron chi connectivity index (χ2n) is 13.8. The largest absolute Gasteiger partial charge is 0.382 e. The second-order valence-corrected chi connectivity index (χ2v) is 16.5. The molecule has 274 valence electrons. The summed E-state index contributed by atoms with van der Waals surface area (Å²) in [4.78, 5) is 3.75. The van der Waals surface area contributed by atoms with E-state index in [0.717, 1.165) is 115 Å². The average molecular weight is 765 g/mol. The van der Waals surface area contributed by atoms with Gasteiger partial charge in [0.15, 0.2) is 0 Å². The van der Waals surface area contributed by atoms with Crippen LogP contribution >= 0.6 is 34.4 Å². The van der Waals surface area contributed by atoms with Crippen molar-refractivity contribution in [1.29, 1.82) is 0 Å². The molecule has 0 fully saturated rings. The van der Waals surface area contributed by atoms with Crippen molar-refractivity contribution in [2.75, 3.05) is 10.6 Å².